The van der Waals surface area contributed by atoms with E-state index in [1.807, 2.05) is 38.1 Å². The lowest BCUT2D eigenvalue weighted by Crippen LogP contribution is -2.08. The summed E-state index contributed by atoms with van der Waals surface area (Å²) in [5.74, 6) is 1.25. The molecule has 0 amide bonds. The number of halogens is 1. The van der Waals surface area contributed by atoms with Crippen molar-refractivity contribution in [3.63, 3.8) is 0 Å². The van der Waals surface area contributed by atoms with Crippen LogP contribution in [-0.4, -0.2) is 16.5 Å². The van der Waals surface area contributed by atoms with Gasteiger partial charge in [-0.15, -0.1) is 0 Å². The Labute approximate surface area is 157 Å². The molecular weight excluding hydrogens is 341 g/mol. The van der Waals surface area contributed by atoms with E-state index in [0.717, 1.165) is 45.6 Å². The monoisotopic (exact) mass is 361 g/mol. The molecule has 136 valence electrons. The normalized spacial score (nSPS) is 11.1. The van der Waals surface area contributed by atoms with Gasteiger partial charge in [0.15, 0.2) is 0 Å². The average Bonchev–Trinajstić information content (AvgIpc) is 3.02. The minimum atomic E-state index is -0.211. The molecule has 2 aromatic carbocycles. The van der Waals surface area contributed by atoms with Crippen LogP contribution < -0.4 is 5.32 Å². The lowest BCUT2D eigenvalue weighted by molar-refractivity contribution is 0.613. The topological polar surface area (TPSA) is 51.0 Å². The minimum absolute atomic E-state index is 0.211. The van der Waals surface area contributed by atoms with Gasteiger partial charge in [0.2, 0.25) is 0 Å². The summed E-state index contributed by atoms with van der Waals surface area (Å²) >= 11 is 0. The van der Waals surface area contributed by atoms with Crippen molar-refractivity contribution in [1.29, 1.82) is 0 Å². The van der Waals surface area contributed by atoms with Gasteiger partial charge in [0, 0.05) is 23.6 Å². The molecule has 4 aromatic rings. The summed E-state index contributed by atoms with van der Waals surface area (Å²) in [5.41, 5.74) is 4.81. The van der Waals surface area contributed by atoms with Crippen LogP contribution in [0.2, 0.25) is 0 Å². The Hall–Kier alpha value is -3.21. The molecule has 0 spiro atoms. The summed E-state index contributed by atoms with van der Waals surface area (Å²) in [5, 5.41) is 4.40. The number of aryl methyl sites for hydroxylation is 2. The number of nitrogens with one attached hydrogen (secondary N) is 1. The van der Waals surface area contributed by atoms with Crippen molar-refractivity contribution in [2.75, 3.05) is 11.9 Å². The SMILES string of the molecule is Cc1nc(NCCc2cccc(F)c2)cc(-c2ccc3occ(C)c3c2)n1. The van der Waals surface area contributed by atoms with Crippen LogP contribution in [0.15, 0.2) is 59.2 Å². The van der Waals surface area contributed by atoms with Gasteiger partial charge in [0.05, 0.1) is 12.0 Å². The fourth-order valence-corrected chi connectivity index (χ4v) is 3.15. The zero-order valence-corrected chi connectivity index (χ0v) is 15.3. The smallest absolute Gasteiger partial charge is 0.134 e. The van der Waals surface area contributed by atoms with Crippen molar-refractivity contribution in [3.8, 4) is 11.3 Å². The second kappa shape index (κ2) is 7.19. The second-order valence-electron chi connectivity index (χ2n) is 6.62. The number of nitrogens with zero attached hydrogens (tertiary/aromatic N) is 2. The van der Waals surface area contributed by atoms with E-state index in [4.69, 9.17) is 4.42 Å². The molecule has 2 heterocycles. The van der Waals surface area contributed by atoms with E-state index in [9.17, 15) is 4.39 Å². The van der Waals surface area contributed by atoms with Crippen molar-refractivity contribution < 1.29 is 8.81 Å². The first-order chi connectivity index (χ1) is 13.1. The average molecular weight is 361 g/mol. The Kier molecular flexibility index (Phi) is 4.59. The molecule has 0 unspecified atom stereocenters. The van der Waals surface area contributed by atoms with Crippen molar-refractivity contribution in [2.24, 2.45) is 0 Å². The van der Waals surface area contributed by atoms with Crippen molar-refractivity contribution in [1.82, 2.24) is 9.97 Å². The summed E-state index contributed by atoms with van der Waals surface area (Å²) in [4.78, 5) is 9.03. The van der Waals surface area contributed by atoms with Gasteiger partial charge in [0.1, 0.15) is 23.0 Å². The largest absolute Gasteiger partial charge is 0.464 e. The first kappa shape index (κ1) is 17.2. The Bertz CT molecular complexity index is 1100. The van der Waals surface area contributed by atoms with E-state index in [-0.39, 0.29) is 5.82 Å². The summed E-state index contributed by atoms with van der Waals surface area (Å²) < 4.78 is 18.8. The Morgan fingerprint density at radius 1 is 1.04 bits per heavy atom. The highest BCUT2D eigenvalue weighted by molar-refractivity contribution is 5.85. The number of fused-ring (bicyclic) bond motifs is 1. The van der Waals surface area contributed by atoms with E-state index in [1.54, 1.807) is 18.4 Å². The number of anilines is 1. The zero-order chi connectivity index (χ0) is 18.8. The Morgan fingerprint density at radius 3 is 2.78 bits per heavy atom. The highest BCUT2D eigenvalue weighted by atomic mass is 19.1. The van der Waals surface area contributed by atoms with Gasteiger partial charge in [-0.05, 0) is 61.7 Å². The molecule has 5 heteroatoms. The van der Waals surface area contributed by atoms with E-state index >= 15 is 0 Å². The second-order valence-corrected chi connectivity index (χ2v) is 6.62. The number of benzene rings is 2. The van der Waals surface area contributed by atoms with Crippen LogP contribution in [-0.2, 0) is 6.42 Å². The Balaban J connectivity index is 1.54. The fraction of sp³-hybridized carbons (Fsp3) is 0.182. The predicted molar refractivity (Wildman–Crippen MR) is 105 cm³/mol. The lowest BCUT2D eigenvalue weighted by atomic mass is 10.1. The summed E-state index contributed by atoms with van der Waals surface area (Å²) in [6, 6.07) is 14.7. The highest BCUT2D eigenvalue weighted by Gasteiger charge is 2.08. The van der Waals surface area contributed by atoms with E-state index in [0.29, 0.717) is 12.4 Å². The molecule has 4 nitrogen and oxygen atoms in total. The van der Waals surface area contributed by atoms with Gasteiger partial charge in [0.25, 0.3) is 0 Å². The van der Waals surface area contributed by atoms with Crippen LogP contribution >= 0.6 is 0 Å². The van der Waals surface area contributed by atoms with Gasteiger partial charge >= 0.3 is 0 Å². The molecule has 0 saturated carbocycles. The molecule has 0 aliphatic heterocycles. The first-order valence-electron chi connectivity index (χ1n) is 8.91. The molecule has 0 radical (unpaired) electrons. The third-order valence-electron chi connectivity index (χ3n) is 4.51. The standard InChI is InChI=1S/C22H20FN3O/c1-14-13-27-21-7-6-17(11-19(14)21)20-12-22(26-15(2)25-20)24-9-8-16-4-3-5-18(23)10-16/h3-7,10-13H,8-9H2,1-2H3,(H,24,25,26). The Morgan fingerprint density at radius 2 is 1.93 bits per heavy atom. The number of hydrogen-bond donors (Lipinski definition) is 1. The third-order valence-corrected chi connectivity index (χ3v) is 4.51. The number of aromatic nitrogens is 2. The summed E-state index contributed by atoms with van der Waals surface area (Å²) in [6.07, 6.45) is 2.48. The number of rotatable bonds is 5. The van der Waals surface area contributed by atoms with Gasteiger partial charge in [-0.2, -0.15) is 0 Å². The molecular formula is C22H20FN3O. The van der Waals surface area contributed by atoms with Crippen LogP contribution in [0.3, 0.4) is 0 Å². The van der Waals surface area contributed by atoms with E-state index in [1.165, 1.54) is 6.07 Å². The van der Waals surface area contributed by atoms with Gasteiger partial charge in [-0.1, -0.05) is 12.1 Å². The summed E-state index contributed by atoms with van der Waals surface area (Å²) in [7, 11) is 0. The summed E-state index contributed by atoms with van der Waals surface area (Å²) in [6.45, 7) is 4.57. The van der Waals surface area contributed by atoms with Crippen molar-refractivity contribution >= 4 is 16.8 Å². The van der Waals surface area contributed by atoms with Gasteiger partial charge in [-0.25, -0.2) is 14.4 Å². The predicted octanol–water partition coefficient (Wildman–Crippen LogP) is 5.30. The molecule has 0 bridgehead atoms. The zero-order valence-electron chi connectivity index (χ0n) is 15.3. The maximum atomic E-state index is 13.3. The van der Waals surface area contributed by atoms with Gasteiger partial charge < -0.3 is 9.73 Å². The van der Waals surface area contributed by atoms with Crippen LogP contribution in [0.5, 0.6) is 0 Å². The molecule has 27 heavy (non-hydrogen) atoms. The maximum Gasteiger partial charge on any atom is 0.134 e. The van der Waals surface area contributed by atoms with Crippen molar-refractivity contribution in [2.45, 2.75) is 20.3 Å². The quantitative estimate of drug-likeness (QED) is 0.524. The molecule has 2 aromatic heterocycles. The molecule has 0 aliphatic rings. The van der Waals surface area contributed by atoms with Gasteiger partial charge in [-0.3, -0.25) is 0 Å². The number of furan rings is 1. The number of hydrogen-bond acceptors (Lipinski definition) is 4. The van der Waals surface area contributed by atoms with Crippen LogP contribution in [0.1, 0.15) is 17.0 Å². The fourth-order valence-electron chi connectivity index (χ4n) is 3.15. The lowest BCUT2D eigenvalue weighted by Gasteiger charge is -2.09. The first-order valence-corrected chi connectivity index (χ1v) is 8.91. The van der Waals surface area contributed by atoms with Crippen molar-refractivity contribution in [3.05, 3.63) is 77.6 Å². The molecule has 0 fully saturated rings. The molecule has 1 N–H and O–H groups in total. The minimum Gasteiger partial charge on any atom is -0.464 e. The van der Waals surface area contributed by atoms with Crippen LogP contribution in [0.25, 0.3) is 22.2 Å². The van der Waals surface area contributed by atoms with E-state index < -0.39 is 0 Å². The maximum absolute atomic E-state index is 13.3. The highest BCUT2D eigenvalue weighted by Crippen LogP contribution is 2.27. The van der Waals surface area contributed by atoms with Crippen LogP contribution in [0, 0.1) is 19.7 Å². The molecule has 0 atom stereocenters. The molecule has 0 saturated heterocycles. The molecule has 4 rings (SSSR count). The van der Waals surface area contributed by atoms with E-state index in [2.05, 4.69) is 21.4 Å². The third kappa shape index (κ3) is 3.82. The van der Waals surface area contributed by atoms with Crippen LogP contribution in [0.4, 0.5) is 10.2 Å². The molecule has 0 aliphatic carbocycles.